The molecule has 0 saturated heterocycles. The number of rotatable bonds is 0. The molecule has 0 aromatic heterocycles. The smallest absolute Gasteiger partial charge is 0.0173 e. The molecule has 1 rings (SSSR count). The first-order chi connectivity index (χ1) is 3.80. The molecule has 0 aliphatic heterocycles. The Bertz CT molecular complexity index is 92.2. The first kappa shape index (κ1) is 5.87. The number of hydrogen-bond acceptors (Lipinski definition) is 0. The Labute approximate surface area is 51.6 Å². The van der Waals surface area contributed by atoms with Crippen LogP contribution in [0.5, 0.6) is 0 Å². The van der Waals surface area contributed by atoms with Crippen molar-refractivity contribution in [1.29, 1.82) is 0 Å². The molecule has 2 atom stereocenters. The van der Waals surface area contributed by atoms with Crippen molar-refractivity contribution in [2.24, 2.45) is 11.8 Å². The third-order valence-corrected chi connectivity index (χ3v) is 1.80. The van der Waals surface area contributed by atoms with Gasteiger partial charge in [-0.15, -0.1) is 0 Å². The van der Waals surface area contributed by atoms with Crippen LogP contribution in [0.15, 0.2) is 12.2 Å². The summed E-state index contributed by atoms with van der Waals surface area (Å²) in [5, 5.41) is 0. The van der Waals surface area contributed by atoms with Crippen LogP contribution in [0.2, 0.25) is 0 Å². The molecule has 0 amide bonds. The Balaban J connectivity index is 2.47. The molecule has 2 radical (unpaired) electrons. The highest BCUT2D eigenvalue weighted by molar-refractivity contribution is 4.96. The summed E-state index contributed by atoms with van der Waals surface area (Å²) >= 11 is 0. The Morgan fingerprint density at radius 1 is 1.62 bits per heavy atom. The van der Waals surface area contributed by atoms with Gasteiger partial charge in [0.15, 0.2) is 0 Å². The first-order valence-corrected chi connectivity index (χ1v) is 3.23. The summed E-state index contributed by atoms with van der Waals surface area (Å²) in [4.78, 5) is 0. The average Bonchev–Trinajstić information content (AvgIpc) is 1.77. The fourth-order valence-electron chi connectivity index (χ4n) is 0.995. The minimum absolute atomic E-state index is 0.323. The highest BCUT2D eigenvalue weighted by Gasteiger charge is 2.10. The molecule has 0 aromatic rings. The van der Waals surface area contributed by atoms with Crippen LogP contribution in [-0.2, 0) is 0 Å². The Morgan fingerprint density at radius 3 is 2.75 bits per heavy atom. The molecule has 44 valence electrons. The van der Waals surface area contributed by atoms with Gasteiger partial charge in [0.2, 0.25) is 0 Å². The van der Waals surface area contributed by atoms with Gasteiger partial charge in [0.05, 0.1) is 0 Å². The molecule has 0 spiro atoms. The van der Waals surface area contributed by atoms with Crippen LogP contribution in [0.25, 0.3) is 0 Å². The van der Waals surface area contributed by atoms with Gasteiger partial charge < -0.3 is 0 Å². The van der Waals surface area contributed by atoms with Crippen molar-refractivity contribution in [3.63, 3.8) is 0 Å². The summed E-state index contributed by atoms with van der Waals surface area (Å²) in [7, 11) is 0. The van der Waals surface area contributed by atoms with Crippen molar-refractivity contribution < 1.29 is 0 Å². The fraction of sp³-hybridized carbons (Fsp3) is 0.625. The molecule has 0 aromatic carbocycles. The van der Waals surface area contributed by atoms with Gasteiger partial charge in [-0.25, -0.2) is 0 Å². The maximum atomic E-state index is 5.69. The van der Waals surface area contributed by atoms with E-state index in [9.17, 15) is 0 Å². The van der Waals surface area contributed by atoms with Gasteiger partial charge in [-0.1, -0.05) is 19.1 Å². The Morgan fingerprint density at radius 2 is 2.38 bits per heavy atom. The van der Waals surface area contributed by atoms with Crippen LogP contribution in [0.4, 0.5) is 0 Å². The van der Waals surface area contributed by atoms with Crippen LogP contribution in [0.1, 0.15) is 19.8 Å². The van der Waals surface area contributed by atoms with Gasteiger partial charge in [-0.3, -0.25) is 0 Å². The molecule has 8 heavy (non-hydrogen) atoms. The summed E-state index contributed by atoms with van der Waals surface area (Å²) < 4.78 is 0. The predicted octanol–water partition coefficient (Wildman–Crippen LogP) is 2.30. The van der Waals surface area contributed by atoms with Gasteiger partial charge in [0, 0.05) is 0 Å². The molecule has 0 N–H and O–H groups in total. The van der Waals surface area contributed by atoms with Crippen molar-refractivity contribution in [3.8, 4) is 0 Å². The average molecular weight is 108 g/mol. The fourth-order valence-corrected chi connectivity index (χ4v) is 0.995. The van der Waals surface area contributed by atoms with Gasteiger partial charge in [-0.05, 0) is 31.6 Å². The predicted molar refractivity (Wildman–Crippen MR) is 35.3 cm³/mol. The standard InChI is InChI=1S/C8H12/c1-7-5-3-4-6-8(7)2/h1,3,5,7-8H,4,6H2,2H3. The zero-order valence-corrected chi connectivity index (χ0v) is 5.30. The topological polar surface area (TPSA) is 0 Å². The summed E-state index contributed by atoms with van der Waals surface area (Å²) in [6.07, 6.45) is 6.76. The quantitative estimate of drug-likeness (QED) is 0.418. The van der Waals surface area contributed by atoms with Crippen LogP contribution >= 0.6 is 0 Å². The molecule has 0 nitrogen and oxygen atoms in total. The SMILES string of the molecule is [CH]C1C=CCCC1C. The maximum absolute atomic E-state index is 5.69. The molecule has 0 heterocycles. The highest BCUT2D eigenvalue weighted by Crippen LogP contribution is 2.22. The van der Waals surface area contributed by atoms with E-state index in [0.29, 0.717) is 11.8 Å². The van der Waals surface area contributed by atoms with E-state index < -0.39 is 0 Å². The highest BCUT2D eigenvalue weighted by atomic mass is 14.2. The molecule has 1 aliphatic carbocycles. The summed E-state index contributed by atoms with van der Waals surface area (Å²) in [5.41, 5.74) is 0. The summed E-state index contributed by atoms with van der Waals surface area (Å²) in [5.74, 6) is 1.02. The molecule has 2 unspecified atom stereocenters. The van der Waals surface area contributed by atoms with Crippen molar-refractivity contribution in [2.75, 3.05) is 0 Å². The molecule has 0 saturated carbocycles. The van der Waals surface area contributed by atoms with Gasteiger partial charge in [0.1, 0.15) is 0 Å². The minimum Gasteiger partial charge on any atom is -0.0882 e. The van der Waals surface area contributed by atoms with Gasteiger partial charge in [-0.2, -0.15) is 0 Å². The van der Waals surface area contributed by atoms with Crippen LogP contribution in [0.3, 0.4) is 0 Å². The number of hydrogen-bond donors (Lipinski definition) is 0. The lowest BCUT2D eigenvalue weighted by Gasteiger charge is -2.18. The van der Waals surface area contributed by atoms with E-state index in [1.807, 2.05) is 0 Å². The molecular weight excluding hydrogens is 96.1 g/mol. The molecule has 0 heteroatoms. The largest absolute Gasteiger partial charge is 0.0882 e. The zero-order valence-electron chi connectivity index (χ0n) is 5.30. The summed E-state index contributed by atoms with van der Waals surface area (Å²) in [6, 6.07) is 0. The van der Waals surface area contributed by atoms with Gasteiger partial charge >= 0.3 is 0 Å². The molecule has 0 fully saturated rings. The summed E-state index contributed by atoms with van der Waals surface area (Å²) in [6.45, 7) is 7.89. The van der Waals surface area contributed by atoms with E-state index in [1.54, 1.807) is 0 Å². The Hall–Kier alpha value is -0.260. The molecule has 1 aliphatic rings. The monoisotopic (exact) mass is 108 g/mol. The third kappa shape index (κ3) is 1.12. The van der Waals surface area contributed by atoms with Crippen molar-refractivity contribution in [2.45, 2.75) is 19.8 Å². The number of allylic oxidation sites excluding steroid dienone is 2. The Kier molecular flexibility index (Phi) is 1.72. The van der Waals surface area contributed by atoms with Crippen molar-refractivity contribution >= 4 is 0 Å². The van der Waals surface area contributed by atoms with E-state index in [1.165, 1.54) is 12.8 Å². The van der Waals surface area contributed by atoms with Crippen LogP contribution < -0.4 is 0 Å². The normalized spacial score (nSPS) is 37.8. The second-order valence-corrected chi connectivity index (χ2v) is 2.56. The third-order valence-electron chi connectivity index (χ3n) is 1.80. The second kappa shape index (κ2) is 2.34. The second-order valence-electron chi connectivity index (χ2n) is 2.56. The van der Waals surface area contributed by atoms with E-state index in [2.05, 4.69) is 19.1 Å². The minimum atomic E-state index is 0.323. The lowest BCUT2D eigenvalue weighted by Crippen LogP contribution is -2.08. The van der Waals surface area contributed by atoms with Crippen molar-refractivity contribution in [3.05, 3.63) is 19.1 Å². The van der Waals surface area contributed by atoms with E-state index in [0.717, 1.165) is 0 Å². The van der Waals surface area contributed by atoms with Crippen molar-refractivity contribution in [1.82, 2.24) is 0 Å². The molecular formula is C8H12. The molecule has 0 bridgehead atoms. The van der Waals surface area contributed by atoms with E-state index in [4.69, 9.17) is 6.92 Å². The lowest BCUT2D eigenvalue weighted by atomic mass is 9.87. The lowest BCUT2D eigenvalue weighted by molar-refractivity contribution is 0.444. The maximum Gasteiger partial charge on any atom is -0.0173 e. The van der Waals surface area contributed by atoms with Crippen LogP contribution in [-0.4, -0.2) is 0 Å². The van der Waals surface area contributed by atoms with E-state index >= 15 is 0 Å². The zero-order chi connectivity index (χ0) is 5.98. The van der Waals surface area contributed by atoms with Gasteiger partial charge in [0.25, 0.3) is 0 Å². The first-order valence-electron chi connectivity index (χ1n) is 3.23. The van der Waals surface area contributed by atoms with Crippen LogP contribution in [0, 0.1) is 18.8 Å². The van der Waals surface area contributed by atoms with E-state index in [-0.39, 0.29) is 0 Å².